The van der Waals surface area contributed by atoms with Gasteiger partial charge in [0.1, 0.15) is 11.1 Å². The molecule has 2 aliphatic heterocycles. The van der Waals surface area contributed by atoms with Crippen LogP contribution in [0.5, 0.6) is 0 Å². The van der Waals surface area contributed by atoms with Gasteiger partial charge in [-0.1, -0.05) is 6.92 Å². The van der Waals surface area contributed by atoms with E-state index >= 15 is 0 Å². The molecule has 0 aromatic carbocycles. The second-order valence-corrected chi connectivity index (χ2v) is 6.98. The van der Waals surface area contributed by atoms with Gasteiger partial charge in [-0.15, -0.1) is 11.3 Å². The van der Waals surface area contributed by atoms with Gasteiger partial charge in [-0.25, -0.2) is 4.79 Å². The highest BCUT2D eigenvalue weighted by atomic mass is 32.1. The summed E-state index contributed by atoms with van der Waals surface area (Å²) >= 11 is 1.54. The van der Waals surface area contributed by atoms with Crippen molar-refractivity contribution < 1.29 is 4.79 Å². The Morgan fingerprint density at radius 2 is 2.43 bits per heavy atom. The zero-order valence-electron chi connectivity index (χ0n) is 12.2. The standard InChI is InChI=1S/C15H20N4OS/c1-10-3-2-6-19(9-10)15(20)18-14-12(7-16)11-4-5-17-8-13(11)21-14/h10,17H,2-6,8-9H2,1H3,(H,18,20). The summed E-state index contributed by atoms with van der Waals surface area (Å²) in [6.07, 6.45) is 3.11. The first-order valence-electron chi connectivity index (χ1n) is 7.50. The lowest BCUT2D eigenvalue weighted by atomic mass is 10.0. The Hall–Kier alpha value is -1.58. The fourth-order valence-corrected chi connectivity index (χ4v) is 4.25. The number of amides is 2. The number of thiophene rings is 1. The molecule has 0 bridgehead atoms. The lowest BCUT2D eigenvalue weighted by Gasteiger charge is -2.30. The molecule has 3 rings (SSSR count). The molecule has 0 radical (unpaired) electrons. The third kappa shape index (κ3) is 2.89. The van der Waals surface area contributed by atoms with Gasteiger partial charge >= 0.3 is 6.03 Å². The van der Waals surface area contributed by atoms with Crippen molar-refractivity contribution in [3.63, 3.8) is 0 Å². The Morgan fingerprint density at radius 3 is 3.19 bits per heavy atom. The van der Waals surface area contributed by atoms with Crippen LogP contribution in [0, 0.1) is 17.2 Å². The van der Waals surface area contributed by atoms with E-state index in [-0.39, 0.29) is 6.03 Å². The number of nitriles is 1. The van der Waals surface area contributed by atoms with E-state index in [1.807, 2.05) is 4.90 Å². The maximum absolute atomic E-state index is 12.4. The van der Waals surface area contributed by atoms with E-state index < -0.39 is 0 Å². The number of likely N-dealkylation sites (tertiary alicyclic amines) is 1. The smallest absolute Gasteiger partial charge is 0.322 e. The van der Waals surface area contributed by atoms with Crippen LogP contribution in [-0.2, 0) is 13.0 Å². The second-order valence-electron chi connectivity index (χ2n) is 5.87. The van der Waals surface area contributed by atoms with Crippen LogP contribution in [0.3, 0.4) is 0 Å². The predicted octanol–water partition coefficient (Wildman–Crippen LogP) is 2.53. The number of urea groups is 1. The van der Waals surface area contributed by atoms with Gasteiger partial charge in [0.15, 0.2) is 0 Å². The summed E-state index contributed by atoms with van der Waals surface area (Å²) in [5.41, 5.74) is 1.78. The topological polar surface area (TPSA) is 68.2 Å². The Labute approximate surface area is 128 Å². The Morgan fingerprint density at radius 1 is 1.57 bits per heavy atom. The van der Waals surface area contributed by atoms with Crippen LogP contribution in [0.15, 0.2) is 0 Å². The fraction of sp³-hybridized carbons (Fsp3) is 0.600. The van der Waals surface area contributed by atoms with Crippen LogP contribution in [0.1, 0.15) is 35.8 Å². The minimum absolute atomic E-state index is 0.0652. The third-order valence-electron chi connectivity index (χ3n) is 4.20. The Balaban J connectivity index is 1.77. The lowest BCUT2D eigenvalue weighted by Crippen LogP contribution is -2.41. The molecule has 21 heavy (non-hydrogen) atoms. The van der Waals surface area contributed by atoms with Crippen LogP contribution in [-0.4, -0.2) is 30.6 Å². The highest BCUT2D eigenvalue weighted by Gasteiger charge is 2.25. The molecule has 1 fully saturated rings. The maximum atomic E-state index is 12.4. The Bertz CT molecular complexity index is 589. The van der Waals surface area contributed by atoms with Gasteiger partial charge in [0.2, 0.25) is 0 Å². The van der Waals surface area contributed by atoms with E-state index in [4.69, 9.17) is 0 Å². The summed E-state index contributed by atoms with van der Waals surface area (Å²) in [6, 6.07) is 2.21. The van der Waals surface area contributed by atoms with Gasteiger partial charge in [-0.05, 0) is 37.3 Å². The summed E-state index contributed by atoms with van der Waals surface area (Å²) in [5, 5.41) is 16.4. The summed E-state index contributed by atoms with van der Waals surface area (Å²) in [6.45, 7) is 5.49. The first-order valence-corrected chi connectivity index (χ1v) is 8.32. The first kappa shape index (κ1) is 14.4. The fourth-order valence-electron chi connectivity index (χ4n) is 3.09. The molecule has 2 amide bonds. The summed E-state index contributed by atoms with van der Waals surface area (Å²) in [7, 11) is 0. The molecule has 1 saturated heterocycles. The molecule has 1 unspecified atom stereocenters. The van der Waals surface area contributed by atoms with Crippen molar-refractivity contribution in [1.82, 2.24) is 10.2 Å². The van der Waals surface area contributed by atoms with Crippen molar-refractivity contribution in [2.45, 2.75) is 32.7 Å². The van der Waals surface area contributed by atoms with E-state index in [0.29, 0.717) is 11.5 Å². The number of nitrogens with zero attached hydrogens (tertiary/aromatic N) is 2. The van der Waals surface area contributed by atoms with Crippen LogP contribution >= 0.6 is 11.3 Å². The minimum atomic E-state index is -0.0652. The highest BCUT2D eigenvalue weighted by Crippen LogP contribution is 2.35. The van der Waals surface area contributed by atoms with Crippen LogP contribution in [0.25, 0.3) is 0 Å². The molecule has 2 aliphatic rings. The highest BCUT2D eigenvalue weighted by molar-refractivity contribution is 7.16. The maximum Gasteiger partial charge on any atom is 0.322 e. The summed E-state index contributed by atoms with van der Waals surface area (Å²) in [4.78, 5) is 15.4. The van der Waals surface area contributed by atoms with Crippen molar-refractivity contribution in [2.24, 2.45) is 5.92 Å². The van der Waals surface area contributed by atoms with Crippen molar-refractivity contribution >= 4 is 22.4 Å². The first-order chi connectivity index (χ1) is 10.2. The summed E-state index contributed by atoms with van der Waals surface area (Å²) in [5.74, 6) is 0.556. The zero-order chi connectivity index (χ0) is 14.8. The van der Waals surface area contributed by atoms with E-state index in [1.165, 1.54) is 22.6 Å². The predicted molar refractivity (Wildman–Crippen MR) is 83.4 cm³/mol. The van der Waals surface area contributed by atoms with E-state index in [0.717, 1.165) is 49.6 Å². The molecular weight excluding hydrogens is 284 g/mol. The normalized spacial score (nSPS) is 21.5. The van der Waals surface area contributed by atoms with E-state index in [9.17, 15) is 10.1 Å². The second kappa shape index (κ2) is 6.04. The quantitative estimate of drug-likeness (QED) is 0.837. The number of carbonyl (C=O) groups is 1. The summed E-state index contributed by atoms with van der Waals surface area (Å²) < 4.78 is 0. The van der Waals surface area contributed by atoms with Crippen molar-refractivity contribution in [1.29, 1.82) is 5.26 Å². The number of anilines is 1. The van der Waals surface area contributed by atoms with Crippen LogP contribution in [0.4, 0.5) is 9.80 Å². The molecule has 6 heteroatoms. The van der Waals surface area contributed by atoms with Gasteiger partial charge < -0.3 is 10.2 Å². The monoisotopic (exact) mass is 304 g/mol. The van der Waals surface area contributed by atoms with E-state index in [2.05, 4.69) is 23.6 Å². The molecule has 2 N–H and O–H groups in total. The van der Waals surface area contributed by atoms with Crippen molar-refractivity contribution in [3.05, 3.63) is 16.0 Å². The minimum Gasteiger partial charge on any atom is -0.324 e. The van der Waals surface area contributed by atoms with Crippen molar-refractivity contribution in [3.8, 4) is 6.07 Å². The molecular formula is C15H20N4OS. The van der Waals surface area contributed by atoms with Gasteiger partial charge in [-0.3, -0.25) is 5.32 Å². The van der Waals surface area contributed by atoms with Crippen LogP contribution in [0.2, 0.25) is 0 Å². The average molecular weight is 304 g/mol. The number of hydrogen-bond acceptors (Lipinski definition) is 4. The SMILES string of the molecule is CC1CCCN(C(=O)Nc2sc3c(c2C#N)CCNC3)C1. The van der Waals surface area contributed by atoms with Gasteiger partial charge in [0, 0.05) is 24.5 Å². The van der Waals surface area contributed by atoms with Gasteiger partial charge in [-0.2, -0.15) is 5.26 Å². The lowest BCUT2D eigenvalue weighted by molar-refractivity contribution is 0.182. The van der Waals surface area contributed by atoms with Gasteiger partial charge in [0.25, 0.3) is 0 Å². The number of nitrogens with one attached hydrogen (secondary N) is 2. The number of piperidine rings is 1. The molecule has 3 heterocycles. The molecule has 112 valence electrons. The van der Waals surface area contributed by atoms with Crippen LogP contribution < -0.4 is 10.6 Å². The average Bonchev–Trinajstić information content (AvgIpc) is 2.84. The zero-order valence-corrected chi connectivity index (χ0v) is 13.1. The molecule has 5 nitrogen and oxygen atoms in total. The van der Waals surface area contributed by atoms with Gasteiger partial charge in [0.05, 0.1) is 5.56 Å². The molecule has 0 saturated carbocycles. The molecule has 0 aliphatic carbocycles. The third-order valence-corrected chi connectivity index (χ3v) is 5.35. The van der Waals surface area contributed by atoms with Crippen molar-refractivity contribution in [2.75, 3.05) is 25.0 Å². The number of fused-ring (bicyclic) bond motifs is 1. The molecule has 1 aromatic heterocycles. The molecule has 1 atom stereocenters. The number of rotatable bonds is 1. The number of hydrogen-bond donors (Lipinski definition) is 2. The molecule has 1 aromatic rings. The van der Waals surface area contributed by atoms with E-state index in [1.54, 1.807) is 0 Å². The number of carbonyl (C=O) groups excluding carboxylic acids is 1. The molecule has 0 spiro atoms. The largest absolute Gasteiger partial charge is 0.324 e. The Kier molecular flexibility index (Phi) is 4.13.